The summed E-state index contributed by atoms with van der Waals surface area (Å²) in [6.07, 6.45) is 4.28. The van der Waals surface area contributed by atoms with Crippen molar-refractivity contribution < 1.29 is 9.90 Å². The van der Waals surface area contributed by atoms with Crippen molar-refractivity contribution in [3.8, 4) is 0 Å². The van der Waals surface area contributed by atoms with E-state index in [1.807, 2.05) is 0 Å². The topological polar surface area (TPSA) is 52.6 Å². The van der Waals surface area contributed by atoms with E-state index < -0.39 is 5.97 Å². The molecule has 4 heteroatoms. The van der Waals surface area contributed by atoms with Gasteiger partial charge < -0.3 is 15.3 Å². The number of nitrogens with zero attached hydrogens (tertiary/aromatic N) is 1. The predicted molar refractivity (Wildman–Crippen MR) is 76.2 cm³/mol. The van der Waals surface area contributed by atoms with Crippen molar-refractivity contribution in [3.05, 3.63) is 0 Å². The van der Waals surface area contributed by atoms with Gasteiger partial charge in [0.25, 0.3) is 0 Å². The largest absolute Gasteiger partial charge is 0.481 e. The number of hydrogen-bond donors (Lipinski definition) is 2. The van der Waals surface area contributed by atoms with Crippen molar-refractivity contribution in [2.45, 2.75) is 45.6 Å². The quantitative estimate of drug-likeness (QED) is 0.739. The molecule has 1 aliphatic carbocycles. The van der Waals surface area contributed by atoms with Crippen molar-refractivity contribution in [1.29, 1.82) is 0 Å². The zero-order valence-corrected chi connectivity index (χ0v) is 12.3. The molecule has 0 amide bonds. The standard InChI is InChI=1S/C15H28N2O2/c1-11(2)13-7-14(16-8-12-3-4-12)10-17(9-13)6-5-15(18)19/h11-14,16H,3-10H2,1-2H3,(H,18,19). The second-order valence-corrected chi connectivity index (χ2v) is 6.69. The van der Waals surface area contributed by atoms with Gasteiger partial charge in [-0.15, -0.1) is 0 Å². The van der Waals surface area contributed by atoms with Gasteiger partial charge in [0.2, 0.25) is 0 Å². The summed E-state index contributed by atoms with van der Waals surface area (Å²) in [5.41, 5.74) is 0. The van der Waals surface area contributed by atoms with Crippen LogP contribution in [0.3, 0.4) is 0 Å². The first-order valence-electron chi connectivity index (χ1n) is 7.72. The van der Waals surface area contributed by atoms with Gasteiger partial charge in [-0.3, -0.25) is 4.79 Å². The van der Waals surface area contributed by atoms with E-state index in [9.17, 15) is 4.79 Å². The zero-order valence-electron chi connectivity index (χ0n) is 12.3. The number of hydrogen-bond acceptors (Lipinski definition) is 3. The fourth-order valence-corrected chi connectivity index (χ4v) is 2.95. The van der Waals surface area contributed by atoms with Crippen LogP contribution in [0.15, 0.2) is 0 Å². The zero-order chi connectivity index (χ0) is 13.8. The summed E-state index contributed by atoms with van der Waals surface area (Å²) in [4.78, 5) is 13.1. The van der Waals surface area contributed by atoms with Crippen LogP contribution in [-0.4, -0.2) is 48.2 Å². The maximum atomic E-state index is 10.7. The molecule has 0 radical (unpaired) electrons. The molecule has 0 spiro atoms. The third kappa shape index (κ3) is 5.11. The molecule has 4 nitrogen and oxygen atoms in total. The second-order valence-electron chi connectivity index (χ2n) is 6.69. The summed E-state index contributed by atoms with van der Waals surface area (Å²) in [5.74, 6) is 1.60. The normalized spacial score (nSPS) is 28.8. The number of piperidine rings is 1. The number of carboxylic acids is 1. The van der Waals surface area contributed by atoms with Crippen molar-refractivity contribution in [2.24, 2.45) is 17.8 Å². The molecule has 19 heavy (non-hydrogen) atoms. The highest BCUT2D eigenvalue weighted by Crippen LogP contribution is 2.29. The summed E-state index contributed by atoms with van der Waals surface area (Å²) in [7, 11) is 0. The van der Waals surface area contributed by atoms with Crippen LogP contribution in [-0.2, 0) is 4.79 Å². The van der Waals surface area contributed by atoms with Crippen LogP contribution in [0.4, 0.5) is 0 Å². The van der Waals surface area contributed by atoms with E-state index in [2.05, 4.69) is 24.1 Å². The van der Waals surface area contributed by atoms with Crippen LogP contribution in [0.5, 0.6) is 0 Å². The smallest absolute Gasteiger partial charge is 0.304 e. The molecule has 2 unspecified atom stereocenters. The van der Waals surface area contributed by atoms with Crippen LogP contribution in [0.2, 0.25) is 0 Å². The summed E-state index contributed by atoms with van der Waals surface area (Å²) < 4.78 is 0. The van der Waals surface area contributed by atoms with Crippen molar-refractivity contribution in [3.63, 3.8) is 0 Å². The molecule has 0 aromatic rings. The highest BCUT2D eigenvalue weighted by atomic mass is 16.4. The van der Waals surface area contributed by atoms with Gasteiger partial charge in [0.15, 0.2) is 0 Å². The Morgan fingerprint density at radius 2 is 2.11 bits per heavy atom. The van der Waals surface area contributed by atoms with Crippen LogP contribution < -0.4 is 5.32 Å². The fraction of sp³-hybridized carbons (Fsp3) is 0.933. The van der Waals surface area contributed by atoms with Crippen molar-refractivity contribution >= 4 is 5.97 Å². The SMILES string of the molecule is CC(C)C1CC(NCC2CC2)CN(CCC(=O)O)C1. The van der Waals surface area contributed by atoms with Gasteiger partial charge >= 0.3 is 5.97 Å². The second kappa shape index (κ2) is 6.71. The number of carbonyl (C=O) groups is 1. The number of nitrogens with one attached hydrogen (secondary N) is 1. The Balaban J connectivity index is 1.81. The van der Waals surface area contributed by atoms with Gasteiger partial charge in [-0.25, -0.2) is 0 Å². The summed E-state index contributed by atoms with van der Waals surface area (Å²) in [6.45, 7) is 8.49. The number of likely N-dealkylation sites (tertiary alicyclic amines) is 1. The lowest BCUT2D eigenvalue weighted by molar-refractivity contribution is -0.137. The molecule has 110 valence electrons. The minimum Gasteiger partial charge on any atom is -0.481 e. The molecule has 1 saturated carbocycles. The van der Waals surface area contributed by atoms with Crippen LogP contribution in [0, 0.1) is 17.8 Å². The Labute approximate surface area is 116 Å². The van der Waals surface area contributed by atoms with E-state index in [-0.39, 0.29) is 6.42 Å². The predicted octanol–water partition coefficient (Wildman–Crippen LogP) is 1.81. The number of aliphatic carboxylic acids is 1. The number of rotatable bonds is 7. The van der Waals surface area contributed by atoms with E-state index in [1.165, 1.54) is 19.3 Å². The molecule has 2 atom stereocenters. The minimum absolute atomic E-state index is 0.264. The summed E-state index contributed by atoms with van der Waals surface area (Å²) >= 11 is 0. The maximum Gasteiger partial charge on any atom is 0.304 e. The van der Waals surface area contributed by atoms with Gasteiger partial charge in [0.05, 0.1) is 6.42 Å². The highest BCUT2D eigenvalue weighted by molar-refractivity contribution is 5.66. The highest BCUT2D eigenvalue weighted by Gasteiger charge is 2.30. The first-order valence-corrected chi connectivity index (χ1v) is 7.72. The average molecular weight is 268 g/mol. The lowest BCUT2D eigenvalue weighted by Crippen LogP contribution is -2.51. The van der Waals surface area contributed by atoms with Crippen molar-refractivity contribution in [2.75, 3.05) is 26.2 Å². The Hall–Kier alpha value is -0.610. The molecule has 2 N–H and O–H groups in total. The molecule has 0 bridgehead atoms. The van der Waals surface area contributed by atoms with E-state index in [4.69, 9.17) is 5.11 Å². The first-order chi connectivity index (χ1) is 9.04. The van der Waals surface area contributed by atoms with Crippen LogP contribution >= 0.6 is 0 Å². The van der Waals surface area contributed by atoms with E-state index in [0.717, 1.165) is 25.6 Å². The lowest BCUT2D eigenvalue weighted by Gasteiger charge is -2.39. The van der Waals surface area contributed by atoms with Gasteiger partial charge in [0, 0.05) is 25.7 Å². The van der Waals surface area contributed by atoms with Crippen LogP contribution in [0.25, 0.3) is 0 Å². The van der Waals surface area contributed by atoms with E-state index in [1.54, 1.807) is 0 Å². The molecular formula is C15H28N2O2. The molecular weight excluding hydrogens is 240 g/mol. The molecule has 1 saturated heterocycles. The third-order valence-electron chi connectivity index (χ3n) is 4.54. The Kier molecular flexibility index (Phi) is 5.22. The Morgan fingerprint density at radius 3 is 2.68 bits per heavy atom. The third-order valence-corrected chi connectivity index (χ3v) is 4.54. The molecule has 0 aromatic carbocycles. The minimum atomic E-state index is -0.686. The monoisotopic (exact) mass is 268 g/mol. The molecule has 2 rings (SSSR count). The molecule has 1 aliphatic heterocycles. The van der Waals surface area contributed by atoms with Crippen LogP contribution in [0.1, 0.15) is 39.5 Å². The van der Waals surface area contributed by atoms with Gasteiger partial charge in [-0.1, -0.05) is 13.8 Å². The molecule has 2 aliphatic rings. The summed E-state index contributed by atoms with van der Waals surface area (Å²) in [5, 5.41) is 12.5. The van der Waals surface area contributed by atoms with Crippen molar-refractivity contribution in [1.82, 2.24) is 10.2 Å². The number of carboxylic acid groups (broad SMARTS) is 1. The Bertz CT molecular complexity index is 303. The average Bonchev–Trinajstić information content (AvgIpc) is 3.17. The maximum absolute atomic E-state index is 10.7. The molecule has 1 heterocycles. The van der Waals surface area contributed by atoms with E-state index >= 15 is 0 Å². The van der Waals surface area contributed by atoms with Gasteiger partial charge in [0.1, 0.15) is 0 Å². The fourth-order valence-electron chi connectivity index (χ4n) is 2.95. The van der Waals surface area contributed by atoms with E-state index in [0.29, 0.717) is 24.4 Å². The van der Waals surface area contributed by atoms with Gasteiger partial charge in [-0.05, 0) is 43.6 Å². The Morgan fingerprint density at radius 1 is 1.37 bits per heavy atom. The molecule has 2 fully saturated rings. The van der Waals surface area contributed by atoms with Gasteiger partial charge in [-0.2, -0.15) is 0 Å². The summed E-state index contributed by atoms with van der Waals surface area (Å²) in [6, 6.07) is 0.551. The molecule has 0 aromatic heterocycles. The first kappa shape index (κ1) is 14.8. The lowest BCUT2D eigenvalue weighted by atomic mass is 9.85.